The maximum absolute atomic E-state index is 11.1. The number of hydrogen-bond acceptors (Lipinski definition) is 3. The minimum atomic E-state index is -0.0749. The number of nitrogens with zero attached hydrogens (tertiary/aromatic N) is 1. The van der Waals surface area contributed by atoms with Crippen LogP contribution in [-0.4, -0.2) is 22.9 Å². The molecule has 0 unspecified atom stereocenters. The quantitative estimate of drug-likeness (QED) is 0.801. The van der Waals surface area contributed by atoms with E-state index < -0.39 is 0 Å². The molecule has 0 aliphatic heterocycles. The normalized spacial score (nSPS) is 10.1. The maximum atomic E-state index is 11.1. The molecule has 0 saturated heterocycles. The average molecular weight is 216 g/mol. The number of imidazole rings is 1. The van der Waals surface area contributed by atoms with Crippen LogP contribution < -0.4 is 4.74 Å². The largest absolute Gasteiger partial charge is 0.497 e. The van der Waals surface area contributed by atoms with Gasteiger partial charge in [-0.1, -0.05) is 12.1 Å². The first-order valence-electron chi connectivity index (χ1n) is 4.91. The number of ether oxygens (including phenoxy) is 1. The molecule has 2 aromatic rings. The molecule has 4 heteroatoms. The summed E-state index contributed by atoms with van der Waals surface area (Å²) in [6, 6.07) is 7.57. The molecule has 0 aliphatic rings. The van der Waals surface area contributed by atoms with Gasteiger partial charge in [0.1, 0.15) is 5.75 Å². The number of ketones is 1. The number of carbonyl (C=O) groups excluding carboxylic acids is 1. The molecule has 1 heterocycles. The first-order valence-corrected chi connectivity index (χ1v) is 4.91. The highest BCUT2D eigenvalue weighted by molar-refractivity contribution is 5.91. The number of methoxy groups -OCH3 is 1. The molecular formula is C12H12N2O2. The third-order valence-electron chi connectivity index (χ3n) is 2.29. The van der Waals surface area contributed by atoms with Crippen LogP contribution in [0.25, 0.3) is 11.3 Å². The summed E-state index contributed by atoms with van der Waals surface area (Å²) in [4.78, 5) is 18.1. The molecule has 0 spiro atoms. The number of H-pyrrole nitrogens is 1. The Labute approximate surface area is 93.3 Å². The summed E-state index contributed by atoms with van der Waals surface area (Å²) in [7, 11) is 1.62. The molecule has 4 nitrogen and oxygen atoms in total. The topological polar surface area (TPSA) is 55.0 Å². The Balaban J connectivity index is 2.38. The molecular weight excluding hydrogens is 204 g/mol. The zero-order chi connectivity index (χ0) is 11.5. The fourth-order valence-electron chi connectivity index (χ4n) is 1.44. The molecule has 82 valence electrons. The first-order chi connectivity index (χ1) is 7.70. The van der Waals surface area contributed by atoms with Crippen molar-refractivity contribution in [3.63, 3.8) is 0 Å². The van der Waals surface area contributed by atoms with Crippen LogP contribution in [0.3, 0.4) is 0 Å². The maximum Gasteiger partial charge on any atom is 0.194 e. The van der Waals surface area contributed by atoms with Crippen LogP contribution in [0.15, 0.2) is 30.5 Å². The van der Waals surface area contributed by atoms with E-state index in [1.165, 1.54) is 6.92 Å². The van der Waals surface area contributed by atoms with Gasteiger partial charge in [0.2, 0.25) is 0 Å². The molecule has 1 aromatic heterocycles. The van der Waals surface area contributed by atoms with E-state index in [2.05, 4.69) is 9.97 Å². The van der Waals surface area contributed by atoms with Gasteiger partial charge < -0.3 is 9.72 Å². The van der Waals surface area contributed by atoms with Crippen molar-refractivity contribution in [2.75, 3.05) is 7.11 Å². The Bertz CT molecular complexity index is 517. The summed E-state index contributed by atoms with van der Waals surface area (Å²) in [5, 5.41) is 0. The zero-order valence-electron chi connectivity index (χ0n) is 9.15. The number of nitrogens with one attached hydrogen (secondary N) is 1. The van der Waals surface area contributed by atoms with Crippen LogP contribution in [0.2, 0.25) is 0 Å². The van der Waals surface area contributed by atoms with Gasteiger partial charge >= 0.3 is 0 Å². The zero-order valence-corrected chi connectivity index (χ0v) is 9.15. The highest BCUT2D eigenvalue weighted by Crippen LogP contribution is 2.22. The molecule has 0 aliphatic carbocycles. The van der Waals surface area contributed by atoms with Crippen molar-refractivity contribution < 1.29 is 9.53 Å². The van der Waals surface area contributed by atoms with Gasteiger partial charge in [0.05, 0.1) is 19.0 Å². The van der Waals surface area contributed by atoms with Crippen molar-refractivity contribution in [2.24, 2.45) is 0 Å². The summed E-state index contributed by atoms with van der Waals surface area (Å²) in [6.45, 7) is 1.48. The van der Waals surface area contributed by atoms with Gasteiger partial charge in [-0.2, -0.15) is 0 Å². The van der Waals surface area contributed by atoms with Crippen molar-refractivity contribution in [2.45, 2.75) is 6.92 Å². The lowest BCUT2D eigenvalue weighted by Gasteiger charge is -2.01. The molecule has 2 rings (SSSR count). The lowest BCUT2D eigenvalue weighted by atomic mass is 10.1. The predicted octanol–water partition coefficient (Wildman–Crippen LogP) is 2.29. The van der Waals surface area contributed by atoms with E-state index in [9.17, 15) is 4.79 Å². The monoisotopic (exact) mass is 216 g/mol. The molecule has 0 saturated carbocycles. The standard InChI is InChI=1S/C12H12N2O2/c1-8(15)12-13-7-11(14-12)9-4-3-5-10(6-9)16-2/h3-7H,1-2H3,(H,13,14). The predicted molar refractivity (Wildman–Crippen MR) is 60.6 cm³/mol. The van der Waals surface area contributed by atoms with Gasteiger partial charge in [-0.3, -0.25) is 4.79 Å². The SMILES string of the molecule is COc1cccc(-c2cnc(C(C)=O)[nH]2)c1. The third kappa shape index (κ3) is 1.95. The number of aromatic amines is 1. The number of benzene rings is 1. The summed E-state index contributed by atoms with van der Waals surface area (Å²) in [6.07, 6.45) is 1.64. The van der Waals surface area contributed by atoms with E-state index >= 15 is 0 Å². The van der Waals surface area contributed by atoms with Gasteiger partial charge in [-0.15, -0.1) is 0 Å². The Hall–Kier alpha value is -2.10. The van der Waals surface area contributed by atoms with Gasteiger partial charge in [0.15, 0.2) is 11.6 Å². The van der Waals surface area contributed by atoms with E-state index in [-0.39, 0.29) is 5.78 Å². The lowest BCUT2D eigenvalue weighted by molar-refractivity contribution is 0.100. The third-order valence-corrected chi connectivity index (χ3v) is 2.29. The number of carbonyl (C=O) groups is 1. The summed E-state index contributed by atoms with van der Waals surface area (Å²) in [5.41, 5.74) is 1.75. The second-order valence-electron chi connectivity index (χ2n) is 3.43. The van der Waals surface area contributed by atoms with Crippen molar-refractivity contribution >= 4 is 5.78 Å². The fraction of sp³-hybridized carbons (Fsp3) is 0.167. The molecule has 1 N–H and O–H groups in total. The van der Waals surface area contributed by atoms with Crippen LogP contribution >= 0.6 is 0 Å². The Morgan fingerprint density at radius 3 is 2.88 bits per heavy atom. The fourth-order valence-corrected chi connectivity index (χ4v) is 1.44. The Kier molecular flexibility index (Phi) is 2.72. The van der Waals surface area contributed by atoms with Crippen LogP contribution in [-0.2, 0) is 0 Å². The van der Waals surface area contributed by atoms with Gasteiger partial charge in [0.25, 0.3) is 0 Å². The highest BCUT2D eigenvalue weighted by atomic mass is 16.5. The van der Waals surface area contributed by atoms with E-state index in [4.69, 9.17) is 4.74 Å². The number of aromatic nitrogens is 2. The number of rotatable bonds is 3. The lowest BCUT2D eigenvalue weighted by Crippen LogP contribution is -1.94. The summed E-state index contributed by atoms with van der Waals surface area (Å²) in [5.74, 6) is 1.07. The molecule has 0 amide bonds. The van der Waals surface area contributed by atoms with Crippen molar-refractivity contribution in [1.82, 2.24) is 9.97 Å². The molecule has 16 heavy (non-hydrogen) atoms. The minimum absolute atomic E-state index is 0.0749. The van der Waals surface area contributed by atoms with Crippen LogP contribution in [0.4, 0.5) is 0 Å². The van der Waals surface area contributed by atoms with E-state index in [0.29, 0.717) is 5.82 Å². The minimum Gasteiger partial charge on any atom is -0.497 e. The summed E-state index contributed by atoms with van der Waals surface area (Å²) < 4.78 is 5.13. The second-order valence-corrected chi connectivity index (χ2v) is 3.43. The van der Waals surface area contributed by atoms with Crippen LogP contribution in [0.1, 0.15) is 17.5 Å². The van der Waals surface area contributed by atoms with Crippen molar-refractivity contribution in [3.8, 4) is 17.0 Å². The van der Waals surface area contributed by atoms with Crippen LogP contribution in [0, 0.1) is 0 Å². The van der Waals surface area contributed by atoms with E-state index in [1.54, 1.807) is 13.3 Å². The summed E-state index contributed by atoms with van der Waals surface area (Å²) >= 11 is 0. The van der Waals surface area contributed by atoms with Gasteiger partial charge in [-0.25, -0.2) is 4.98 Å². The highest BCUT2D eigenvalue weighted by Gasteiger charge is 2.06. The molecule has 0 fully saturated rings. The molecule has 0 atom stereocenters. The van der Waals surface area contributed by atoms with Crippen molar-refractivity contribution in [1.29, 1.82) is 0 Å². The number of Topliss-reactive ketones (excluding diaryl/α,β-unsaturated/α-hetero) is 1. The Morgan fingerprint density at radius 2 is 2.25 bits per heavy atom. The smallest absolute Gasteiger partial charge is 0.194 e. The Morgan fingerprint density at radius 1 is 1.44 bits per heavy atom. The second kappa shape index (κ2) is 4.18. The first kappa shape index (κ1) is 10.4. The molecule has 0 bridgehead atoms. The average Bonchev–Trinajstić information content (AvgIpc) is 2.78. The molecule has 1 aromatic carbocycles. The van der Waals surface area contributed by atoms with Crippen molar-refractivity contribution in [3.05, 3.63) is 36.3 Å². The number of hydrogen-bond donors (Lipinski definition) is 1. The van der Waals surface area contributed by atoms with Gasteiger partial charge in [0, 0.05) is 12.5 Å². The molecule has 0 radical (unpaired) electrons. The van der Waals surface area contributed by atoms with E-state index in [0.717, 1.165) is 17.0 Å². The van der Waals surface area contributed by atoms with E-state index in [1.807, 2.05) is 24.3 Å². The van der Waals surface area contributed by atoms with Crippen LogP contribution in [0.5, 0.6) is 5.75 Å². The van der Waals surface area contributed by atoms with Gasteiger partial charge in [-0.05, 0) is 12.1 Å².